The molecule has 0 aliphatic heterocycles. The van der Waals surface area contributed by atoms with Crippen LogP contribution in [0.2, 0.25) is 0 Å². The van der Waals surface area contributed by atoms with Gasteiger partial charge in [0.25, 0.3) is 0 Å². The van der Waals surface area contributed by atoms with Crippen molar-refractivity contribution in [1.82, 2.24) is 19.5 Å². The van der Waals surface area contributed by atoms with Crippen molar-refractivity contribution >= 4 is 29.6 Å². The van der Waals surface area contributed by atoms with Gasteiger partial charge in [0.1, 0.15) is 12.1 Å². The van der Waals surface area contributed by atoms with Crippen LogP contribution in [0, 0.1) is 0 Å². The van der Waals surface area contributed by atoms with Gasteiger partial charge in [0.15, 0.2) is 0 Å². The third-order valence-electron chi connectivity index (χ3n) is 2.90. The molecule has 0 aromatic carbocycles. The zero-order chi connectivity index (χ0) is 14.5. The van der Waals surface area contributed by atoms with Crippen LogP contribution in [0.3, 0.4) is 0 Å². The maximum absolute atomic E-state index is 5.08. The Labute approximate surface area is 138 Å². The molecule has 0 fully saturated rings. The number of hydrogen-bond acceptors (Lipinski definition) is 6. The number of imidazole rings is 1. The van der Waals surface area contributed by atoms with Crippen molar-refractivity contribution in [2.75, 3.05) is 25.6 Å². The second-order valence-corrected chi connectivity index (χ2v) is 5.25. The van der Waals surface area contributed by atoms with E-state index >= 15 is 0 Å². The first-order valence-electron chi connectivity index (χ1n) is 6.50. The Hall–Kier alpha value is -1.96. The minimum atomic E-state index is 0. The van der Waals surface area contributed by atoms with Crippen molar-refractivity contribution in [3.63, 3.8) is 0 Å². The Balaban J connectivity index is 0.00000176. The van der Waals surface area contributed by atoms with Gasteiger partial charge >= 0.3 is 0 Å². The Morgan fingerprint density at radius 1 is 1.41 bits per heavy atom. The van der Waals surface area contributed by atoms with Crippen molar-refractivity contribution in [3.8, 4) is 16.4 Å². The van der Waals surface area contributed by atoms with E-state index < -0.39 is 0 Å². The lowest BCUT2D eigenvalue weighted by Crippen LogP contribution is -2.11. The van der Waals surface area contributed by atoms with Gasteiger partial charge < -0.3 is 10.1 Å². The Morgan fingerprint density at radius 3 is 3.00 bits per heavy atom. The molecule has 0 bridgehead atoms. The van der Waals surface area contributed by atoms with Crippen LogP contribution < -0.4 is 5.32 Å². The lowest BCUT2D eigenvalue weighted by molar-refractivity contribution is 0.210. The van der Waals surface area contributed by atoms with E-state index in [9.17, 15) is 0 Å². The molecule has 0 saturated carbocycles. The lowest BCUT2D eigenvalue weighted by Gasteiger charge is -2.11. The summed E-state index contributed by atoms with van der Waals surface area (Å²) in [7, 11) is 1.68. The minimum absolute atomic E-state index is 0. The molecule has 8 heteroatoms. The second kappa shape index (κ2) is 7.88. The van der Waals surface area contributed by atoms with Crippen LogP contribution in [0.5, 0.6) is 0 Å². The van der Waals surface area contributed by atoms with Gasteiger partial charge in [-0.25, -0.2) is 9.97 Å². The number of nitrogens with zero attached hydrogens (tertiary/aromatic N) is 4. The highest BCUT2D eigenvalue weighted by Gasteiger charge is 2.11. The number of hydrogen-bond donors (Lipinski definition) is 1. The second-order valence-electron chi connectivity index (χ2n) is 4.30. The van der Waals surface area contributed by atoms with Crippen molar-refractivity contribution in [2.45, 2.75) is 0 Å². The summed E-state index contributed by atoms with van der Waals surface area (Å²) in [6.07, 6.45) is 7.04. The SMILES string of the molecule is COCCNc1nc(-n2ccnc2)ncc1-c1cccs1.Cl. The quantitative estimate of drug-likeness (QED) is 0.701. The Kier molecular flexibility index (Phi) is 5.88. The van der Waals surface area contributed by atoms with E-state index in [-0.39, 0.29) is 12.4 Å². The van der Waals surface area contributed by atoms with Crippen LogP contribution in [0.1, 0.15) is 0 Å². The summed E-state index contributed by atoms with van der Waals surface area (Å²) < 4.78 is 6.86. The van der Waals surface area contributed by atoms with Gasteiger partial charge in [-0.3, -0.25) is 4.57 Å². The van der Waals surface area contributed by atoms with E-state index in [4.69, 9.17) is 4.74 Å². The predicted octanol–water partition coefficient (Wildman–Crippen LogP) is 2.87. The van der Waals surface area contributed by atoms with Gasteiger partial charge in [0.05, 0.1) is 12.2 Å². The first kappa shape index (κ1) is 16.4. The predicted molar refractivity (Wildman–Crippen MR) is 90.1 cm³/mol. The molecule has 0 atom stereocenters. The Bertz CT molecular complexity index is 687. The van der Waals surface area contributed by atoms with Crippen molar-refractivity contribution in [2.24, 2.45) is 0 Å². The maximum atomic E-state index is 5.08. The molecule has 3 aromatic heterocycles. The molecule has 1 N–H and O–H groups in total. The molecule has 3 heterocycles. The molecule has 0 saturated heterocycles. The molecule has 3 aromatic rings. The standard InChI is InChI=1S/C14H15N5OS.ClH/c1-20-7-5-16-13-11(12-3-2-8-21-12)9-17-14(18-13)19-6-4-15-10-19;/h2-4,6,8-10H,5,7H2,1H3,(H,16,17,18);1H. The van der Waals surface area contributed by atoms with Crippen LogP contribution in [0.15, 0.2) is 42.4 Å². The molecular formula is C14H16ClN5OS. The molecule has 0 aliphatic rings. The van der Waals surface area contributed by atoms with Crippen molar-refractivity contribution in [3.05, 3.63) is 42.4 Å². The van der Waals surface area contributed by atoms with E-state index in [1.807, 2.05) is 23.8 Å². The average Bonchev–Trinajstić information content (AvgIpc) is 3.21. The fourth-order valence-corrected chi connectivity index (χ4v) is 2.63. The van der Waals surface area contributed by atoms with Crippen molar-refractivity contribution in [1.29, 1.82) is 0 Å². The number of ether oxygens (including phenoxy) is 1. The monoisotopic (exact) mass is 337 g/mol. The van der Waals surface area contributed by atoms with Gasteiger partial charge in [-0.2, -0.15) is 4.98 Å². The first-order valence-corrected chi connectivity index (χ1v) is 7.38. The Morgan fingerprint density at radius 2 is 2.32 bits per heavy atom. The third-order valence-corrected chi connectivity index (χ3v) is 3.80. The maximum Gasteiger partial charge on any atom is 0.236 e. The highest BCUT2D eigenvalue weighted by Crippen LogP contribution is 2.30. The fourth-order valence-electron chi connectivity index (χ4n) is 1.89. The van der Waals surface area contributed by atoms with E-state index in [2.05, 4.69) is 26.3 Å². The topological polar surface area (TPSA) is 64.9 Å². The van der Waals surface area contributed by atoms with Crippen LogP contribution in [0.4, 0.5) is 5.82 Å². The van der Waals surface area contributed by atoms with Gasteiger partial charge in [-0.1, -0.05) is 6.07 Å². The molecule has 3 rings (SSSR count). The highest BCUT2D eigenvalue weighted by atomic mass is 35.5. The zero-order valence-corrected chi connectivity index (χ0v) is 13.6. The summed E-state index contributed by atoms with van der Waals surface area (Å²) in [5.41, 5.74) is 0.991. The number of nitrogens with one attached hydrogen (secondary N) is 1. The minimum Gasteiger partial charge on any atom is -0.383 e. The number of rotatable bonds is 6. The normalized spacial score (nSPS) is 10.2. The van der Waals surface area contributed by atoms with Crippen LogP contribution in [-0.2, 0) is 4.74 Å². The molecule has 0 spiro atoms. The van der Waals surface area contributed by atoms with Gasteiger partial charge in [-0.15, -0.1) is 23.7 Å². The molecule has 22 heavy (non-hydrogen) atoms. The van der Waals surface area contributed by atoms with Gasteiger partial charge in [0, 0.05) is 37.1 Å². The molecule has 0 unspecified atom stereocenters. The number of thiophene rings is 1. The summed E-state index contributed by atoms with van der Waals surface area (Å²) in [6, 6.07) is 4.07. The van der Waals surface area contributed by atoms with E-state index in [0.717, 1.165) is 16.3 Å². The van der Waals surface area contributed by atoms with Crippen LogP contribution in [-0.4, -0.2) is 39.8 Å². The third kappa shape index (κ3) is 3.62. The first-order chi connectivity index (χ1) is 10.4. The summed E-state index contributed by atoms with van der Waals surface area (Å²) in [6.45, 7) is 1.31. The molecule has 6 nitrogen and oxygen atoms in total. The van der Waals surface area contributed by atoms with E-state index in [1.165, 1.54) is 0 Å². The molecule has 116 valence electrons. The van der Waals surface area contributed by atoms with Crippen molar-refractivity contribution < 1.29 is 4.74 Å². The van der Waals surface area contributed by atoms with Crippen LogP contribution in [0.25, 0.3) is 16.4 Å². The number of halogens is 1. The smallest absolute Gasteiger partial charge is 0.236 e. The molecular weight excluding hydrogens is 322 g/mol. The summed E-state index contributed by atoms with van der Waals surface area (Å²) in [4.78, 5) is 14.2. The number of aromatic nitrogens is 4. The van der Waals surface area contributed by atoms with E-state index in [1.54, 1.807) is 35.5 Å². The number of anilines is 1. The lowest BCUT2D eigenvalue weighted by atomic mass is 10.2. The van der Waals surface area contributed by atoms with E-state index in [0.29, 0.717) is 19.1 Å². The van der Waals surface area contributed by atoms with Gasteiger partial charge in [-0.05, 0) is 11.4 Å². The highest BCUT2D eigenvalue weighted by molar-refractivity contribution is 7.13. The summed E-state index contributed by atoms with van der Waals surface area (Å²) in [5.74, 6) is 1.39. The van der Waals surface area contributed by atoms with Gasteiger partial charge in [0.2, 0.25) is 5.95 Å². The fraction of sp³-hybridized carbons (Fsp3) is 0.214. The molecule has 0 aliphatic carbocycles. The summed E-state index contributed by atoms with van der Waals surface area (Å²) in [5, 5.41) is 5.34. The number of methoxy groups -OCH3 is 1. The largest absolute Gasteiger partial charge is 0.383 e. The summed E-state index contributed by atoms with van der Waals surface area (Å²) >= 11 is 1.66. The zero-order valence-electron chi connectivity index (χ0n) is 12.0. The van der Waals surface area contributed by atoms with Crippen LogP contribution >= 0.6 is 23.7 Å². The molecule has 0 radical (unpaired) electrons. The average molecular weight is 338 g/mol. The molecule has 0 amide bonds.